The third-order valence-electron chi connectivity index (χ3n) is 2.07. The molecule has 15 heavy (non-hydrogen) atoms. The zero-order valence-electron chi connectivity index (χ0n) is 8.48. The molecule has 6 heteroatoms. The highest BCUT2D eigenvalue weighted by Gasteiger charge is 2.14. The molecule has 2 N–H and O–H groups in total. The molecule has 0 aromatic rings. The molecule has 0 aliphatic heterocycles. The highest BCUT2D eigenvalue weighted by atomic mass is 16.4. The van der Waals surface area contributed by atoms with Gasteiger partial charge in [0.25, 0.3) is 6.71 Å². The molecule has 0 radical (unpaired) electrons. The minimum atomic E-state index is -0.864. The molecule has 0 spiro atoms. The number of nitriles is 1. The second-order valence-corrected chi connectivity index (χ2v) is 3.40. The van der Waals surface area contributed by atoms with Gasteiger partial charge in [0, 0.05) is 18.8 Å². The molecule has 0 heterocycles. The lowest BCUT2D eigenvalue weighted by Crippen LogP contribution is -2.11. The van der Waals surface area contributed by atoms with Crippen LogP contribution >= 0.6 is 0 Å². The van der Waals surface area contributed by atoms with E-state index in [1.54, 1.807) is 0 Å². The first kappa shape index (κ1) is 13.5. The minimum Gasteiger partial charge on any atom is -0.481 e. The largest absolute Gasteiger partial charge is 0.481 e. The molecule has 82 valence electrons. The first-order valence-electron chi connectivity index (χ1n) is 4.89. The van der Waals surface area contributed by atoms with Crippen LogP contribution in [0.15, 0.2) is 0 Å². The van der Waals surface area contributed by atoms with E-state index >= 15 is 0 Å². The molecule has 0 fully saturated rings. The molecule has 0 rings (SSSR count). The Labute approximate surface area is 88.8 Å². The molecule has 0 saturated heterocycles. The van der Waals surface area contributed by atoms with Crippen molar-refractivity contribution in [2.45, 2.75) is 38.3 Å². The van der Waals surface area contributed by atoms with Gasteiger partial charge in [0.15, 0.2) is 0 Å². The molecular weight excluding hydrogens is 197 g/mol. The summed E-state index contributed by atoms with van der Waals surface area (Å²) >= 11 is 0. The van der Waals surface area contributed by atoms with Crippen LogP contribution in [-0.2, 0) is 9.59 Å². The van der Waals surface area contributed by atoms with E-state index in [1.165, 1.54) is 0 Å². The van der Waals surface area contributed by atoms with Crippen molar-refractivity contribution < 1.29 is 19.8 Å². The zero-order valence-corrected chi connectivity index (χ0v) is 8.48. The Morgan fingerprint density at radius 3 is 1.73 bits per heavy atom. The van der Waals surface area contributed by atoms with Gasteiger partial charge < -0.3 is 10.2 Å². The third kappa shape index (κ3) is 8.82. The number of carbonyl (C=O) groups is 2. The van der Waals surface area contributed by atoms with Crippen LogP contribution in [0.3, 0.4) is 0 Å². The van der Waals surface area contributed by atoms with Crippen LogP contribution in [0.2, 0.25) is 12.6 Å². The van der Waals surface area contributed by atoms with Crippen molar-refractivity contribution >= 4 is 18.7 Å². The fourth-order valence-corrected chi connectivity index (χ4v) is 1.27. The molecule has 0 aliphatic carbocycles. The lowest BCUT2D eigenvalue weighted by atomic mass is 9.45. The van der Waals surface area contributed by atoms with Crippen molar-refractivity contribution in [2.24, 2.45) is 0 Å². The van der Waals surface area contributed by atoms with E-state index in [0.29, 0.717) is 25.5 Å². The van der Waals surface area contributed by atoms with Crippen LogP contribution in [0.25, 0.3) is 0 Å². The zero-order chi connectivity index (χ0) is 11.7. The van der Waals surface area contributed by atoms with Gasteiger partial charge in [0.05, 0.1) is 0 Å². The van der Waals surface area contributed by atoms with Crippen molar-refractivity contribution in [1.82, 2.24) is 0 Å². The smallest absolute Gasteiger partial charge is 0.303 e. The van der Waals surface area contributed by atoms with E-state index < -0.39 is 11.9 Å². The summed E-state index contributed by atoms with van der Waals surface area (Å²) in [5.41, 5.74) is 0. The van der Waals surface area contributed by atoms with E-state index in [2.05, 4.69) is 5.97 Å². The second-order valence-electron chi connectivity index (χ2n) is 3.40. The molecule has 0 aliphatic rings. The Morgan fingerprint density at radius 2 is 1.47 bits per heavy atom. The summed E-state index contributed by atoms with van der Waals surface area (Å²) < 4.78 is 0. The maximum atomic E-state index is 10.2. The van der Waals surface area contributed by atoms with E-state index in [9.17, 15) is 9.59 Å². The summed E-state index contributed by atoms with van der Waals surface area (Å²) in [6.45, 7) is -0.219. The molecule has 0 atom stereocenters. The Hall–Kier alpha value is -1.51. The number of carboxylic acid groups (broad SMARTS) is 2. The van der Waals surface area contributed by atoms with E-state index in [0.717, 1.165) is 0 Å². The number of rotatable bonds is 8. The Morgan fingerprint density at radius 1 is 1.07 bits per heavy atom. The Balaban J connectivity index is 3.60. The maximum absolute atomic E-state index is 10.2. The fourth-order valence-electron chi connectivity index (χ4n) is 1.27. The first-order valence-corrected chi connectivity index (χ1v) is 4.89. The van der Waals surface area contributed by atoms with Gasteiger partial charge in [-0.05, 0) is 12.8 Å². The topological polar surface area (TPSA) is 98.4 Å². The minimum absolute atomic E-state index is 0.0666. The molecule has 5 nitrogen and oxygen atoms in total. The summed E-state index contributed by atoms with van der Waals surface area (Å²) in [5.74, 6) is 0.336. The lowest BCUT2D eigenvalue weighted by Gasteiger charge is -2.02. The van der Waals surface area contributed by atoms with Gasteiger partial charge in [-0.25, -0.2) is 5.26 Å². The summed E-state index contributed by atoms with van der Waals surface area (Å²) in [5, 5.41) is 25.5. The van der Waals surface area contributed by atoms with Crippen LogP contribution < -0.4 is 0 Å². The third-order valence-corrected chi connectivity index (χ3v) is 2.07. The molecule has 0 unspecified atom stereocenters. The van der Waals surface area contributed by atoms with Gasteiger partial charge in [0.2, 0.25) is 0 Å². The average molecular weight is 211 g/mol. The predicted molar refractivity (Wildman–Crippen MR) is 54.7 cm³/mol. The maximum Gasteiger partial charge on any atom is 0.303 e. The van der Waals surface area contributed by atoms with Gasteiger partial charge in [0.1, 0.15) is 0 Å². The van der Waals surface area contributed by atoms with Gasteiger partial charge in [-0.3, -0.25) is 9.59 Å². The van der Waals surface area contributed by atoms with Gasteiger partial charge in [-0.15, -0.1) is 0 Å². The van der Waals surface area contributed by atoms with Crippen LogP contribution in [0, 0.1) is 11.2 Å². The van der Waals surface area contributed by atoms with Gasteiger partial charge in [-0.1, -0.05) is 12.6 Å². The highest BCUT2D eigenvalue weighted by Crippen LogP contribution is 2.09. The molecule has 0 saturated carbocycles. The SMILES string of the molecule is N#CB(CCCC(=O)O)CCCC(=O)O. The lowest BCUT2D eigenvalue weighted by molar-refractivity contribution is -0.138. The number of aliphatic carboxylic acids is 2. The monoisotopic (exact) mass is 211 g/mol. The van der Waals surface area contributed by atoms with Crippen molar-refractivity contribution in [3.8, 4) is 5.97 Å². The predicted octanol–water partition coefficient (Wildman–Crippen LogP) is 1.27. The van der Waals surface area contributed by atoms with E-state index in [1.807, 2.05) is 0 Å². The number of hydrogen-bond donors (Lipinski definition) is 2. The van der Waals surface area contributed by atoms with Gasteiger partial charge >= 0.3 is 11.9 Å². The van der Waals surface area contributed by atoms with Crippen LogP contribution in [0.5, 0.6) is 0 Å². The summed E-state index contributed by atoms with van der Waals surface area (Å²) in [7, 11) is 0. The fraction of sp³-hybridized carbons (Fsp3) is 0.667. The van der Waals surface area contributed by atoms with Crippen LogP contribution in [-0.4, -0.2) is 28.9 Å². The Kier molecular flexibility index (Phi) is 7.07. The van der Waals surface area contributed by atoms with Crippen molar-refractivity contribution in [3.05, 3.63) is 0 Å². The molecular formula is C9H14BNO4. The van der Waals surface area contributed by atoms with Gasteiger partial charge in [-0.2, -0.15) is 0 Å². The van der Waals surface area contributed by atoms with Crippen molar-refractivity contribution in [1.29, 1.82) is 5.26 Å². The van der Waals surface area contributed by atoms with E-state index in [4.69, 9.17) is 15.5 Å². The van der Waals surface area contributed by atoms with Crippen LogP contribution in [0.4, 0.5) is 0 Å². The van der Waals surface area contributed by atoms with Crippen molar-refractivity contribution in [3.63, 3.8) is 0 Å². The average Bonchev–Trinajstić information content (AvgIpc) is 2.14. The number of hydrogen-bond acceptors (Lipinski definition) is 3. The molecule has 0 bridgehead atoms. The second kappa shape index (κ2) is 7.86. The van der Waals surface area contributed by atoms with Crippen molar-refractivity contribution in [2.75, 3.05) is 0 Å². The Bertz CT molecular complexity index is 241. The normalized spacial score (nSPS) is 9.27. The standard InChI is InChI=1S/C9H14BNO4/c11-7-10(5-1-3-8(12)13)6-2-4-9(14)15/h1-6H2,(H,12,13)(H,14,15). The number of nitrogens with zero attached hydrogens (tertiary/aromatic N) is 1. The van der Waals surface area contributed by atoms with E-state index in [-0.39, 0.29) is 19.6 Å². The summed E-state index contributed by atoms with van der Waals surface area (Å²) in [6.07, 6.45) is 2.14. The molecule has 0 amide bonds. The molecule has 0 aromatic heterocycles. The highest BCUT2D eigenvalue weighted by molar-refractivity contribution is 6.66. The quantitative estimate of drug-likeness (QED) is 0.589. The number of carboxylic acids is 2. The first-order chi connectivity index (χ1) is 7.06. The summed E-state index contributed by atoms with van der Waals surface area (Å²) in [6, 6.07) is 0. The molecule has 0 aromatic carbocycles. The van der Waals surface area contributed by atoms with Crippen LogP contribution in [0.1, 0.15) is 25.7 Å². The summed E-state index contributed by atoms with van der Waals surface area (Å²) in [4.78, 5) is 20.4.